The Labute approximate surface area is 151 Å². The summed E-state index contributed by atoms with van der Waals surface area (Å²) >= 11 is 0. The summed E-state index contributed by atoms with van der Waals surface area (Å²) in [5, 5.41) is 0.695. The summed E-state index contributed by atoms with van der Waals surface area (Å²) < 4.78 is 20.3. The summed E-state index contributed by atoms with van der Waals surface area (Å²) in [7, 11) is 3.21. The van der Waals surface area contributed by atoms with Gasteiger partial charge in [0.1, 0.15) is 11.5 Å². The molecule has 138 valence electrons. The number of hydrogen-bond donors (Lipinski definition) is 0. The van der Waals surface area contributed by atoms with E-state index in [4.69, 9.17) is 4.74 Å². The number of carbonyl (C=O) groups excluding carboxylic acids is 2. The zero-order valence-corrected chi connectivity index (χ0v) is 15.5. The number of likely N-dealkylation sites (tertiary alicyclic amines) is 1. The maximum Gasteiger partial charge on any atom is 0.314 e. The predicted molar refractivity (Wildman–Crippen MR) is 95.1 cm³/mol. The molecule has 2 heterocycles. The minimum atomic E-state index is -0.593. The van der Waals surface area contributed by atoms with Crippen molar-refractivity contribution < 1.29 is 18.7 Å². The molecule has 26 heavy (non-hydrogen) atoms. The van der Waals surface area contributed by atoms with Crippen LogP contribution in [-0.4, -0.2) is 41.5 Å². The van der Waals surface area contributed by atoms with Crippen molar-refractivity contribution in [2.75, 3.05) is 20.2 Å². The fraction of sp³-hybridized carbons (Fsp3) is 0.500. The largest absolute Gasteiger partial charge is 0.469 e. The van der Waals surface area contributed by atoms with Crippen LogP contribution in [0.5, 0.6) is 0 Å². The number of halogens is 1. The second kappa shape index (κ2) is 5.32. The summed E-state index contributed by atoms with van der Waals surface area (Å²) in [4.78, 5) is 27.3. The zero-order chi connectivity index (χ0) is 18.9. The number of carbonyl (C=O) groups is 2. The van der Waals surface area contributed by atoms with Crippen LogP contribution in [0.15, 0.2) is 24.3 Å². The minimum absolute atomic E-state index is 0.00523. The lowest BCUT2D eigenvalue weighted by molar-refractivity contribution is -0.174. The van der Waals surface area contributed by atoms with Gasteiger partial charge < -0.3 is 14.2 Å². The van der Waals surface area contributed by atoms with Crippen LogP contribution >= 0.6 is 0 Å². The quantitative estimate of drug-likeness (QED) is 0.776. The molecular weight excluding hydrogens is 335 g/mol. The summed E-state index contributed by atoms with van der Waals surface area (Å²) in [6, 6.07) is 6.21. The molecular formula is C20H23FN2O3. The average Bonchev–Trinajstić information content (AvgIpc) is 3.09. The summed E-state index contributed by atoms with van der Waals surface area (Å²) in [6.07, 6.45) is 0.724. The van der Waals surface area contributed by atoms with Crippen molar-refractivity contribution in [1.29, 1.82) is 0 Å². The number of aryl methyl sites for hydroxylation is 1. The van der Waals surface area contributed by atoms with Gasteiger partial charge in [-0.05, 0) is 42.0 Å². The van der Waals surface area contributed by atoms with E-state index in [2.05, 4.69) is 13.8 Å². The molecule has 2 atom stereocenters. The zero-order valence-electron chi connectivity index (χ0n) is 15.5. The Morgan fingerprint density at radius 1 is 1.27 bits per heavy atom. The summed E-state index contributed by atoms with van der Waals surface area (Å²) in [5.74, 6) is -0.583. The minimum Gasteiger partial charge on any atom is -0.469 e. The number of nitrogens with zero attached hydrogens (tertiary/aromatic N) is 2. The number of fused-ring (bicyclic) bond motifs is 2. The van der Waals surface area contributed by atoms with Gasteiger partial charge in [0.25, 0.3) is 5.91 Å². The molecule has 1 aromatic heterocycles. The third-order valence-electron chi connectivity index (χ3n) is 6.36. The molecule has 1 aliphatic carbocycles. The fourth-order valence-corrected chi connectivity index (χ4v) is 5.21. The van der Waals surface area contributed by atoms with Gasteiger partial charge >= 0.3 is 5.97 Å². The maximum atomic E-state index is 13.5. The first-order chi connectivity index (χ1) is 12.2. The van der Waals surface area contributed by atoms with Crippen molar-refractivity contribution in [1.82, 2.24) is 9.47 Å². The highest BCUT2D eigenvalue weighted by Crippen LogP contribution is 2.63. The van der Waals surface area contributed by atoms with Crippen molar-refractivity contribution in [3.63, 3.8) is 0 Å². The number of benzene rings is 1. The molecule has 1 saturated heterocycles. The van der Waals surface area contributed by atoms with E-state index >= 15 is 0 Å². The van der Waals surface area contributed by atoms with Gasteiger partial charge in [0, 0.05) is 31.0 Å². The van der Waals surface area contributed by atoms with Crippen LogP contribution in [0.3, 0.4) is 0 Å². The third kappa shape index (κ3) is 2.14. The van der Waals surface area contributed by atoms with E-state index in [1.54, 1.807) is 28.6 Å². The van der Waals surface area contributed by atoms with Crippen molar-refractivity contribution in [3.05, 3.63) is 35.8 Å². The van der Waals surface area contributed by atoms with Gasteiger partial charge in [-0.2, -0.15) is 0 Å². The van der Waals surface area contributed by atoms with Crippen molar-refractivity contribution in [3.8, 4) is 0 Å². The lowest BCUT2D eigenvalue weighted by Gasteiger charge is -2.54. The second-order valence-electron chi connectivity index (χ2n) is 8.34. The number of rotatable bonds is 2. The van der Waals surface area contributed by atoms with Gasteiger partial charge in [-0.25, -0.2) is 4.39 Å². The Hall–Kier alpha value is -2.37. The van der Waals surface area contributed by atoms with Gasteiger partial charge in [-0.1, -0.05) is 13.8 Å². The van der Waals surface area contributed by atoms with E-state index in [0.717, 1.165) is 11.9 Å². The van der Waals surface area contributed by atoms with Crippen molar-refractivity contribution in [2.45, 2.75) is 20.3 Å². The molecule has 0 bridgehead atoms. The van der Waals surface area contributed by atoms with Gasteiger partial charge in [-0.3, -0.25) is 9.59 Å². The molecule has 1 aliphatic heterocycles. The fourth-order valence-electron chi connectivity index (χ4n) is 5.21. The SMILES string of the molecule is COC(=O)[C@@]12CN(C(=O)c3cc4cc(F)ccc4n3C)C[C@@H]1C(C)(C)C2. The third-order valence-corrected chi connectivity index (χ3v) is 6.36. The molecule has 0 spiro atoms. The van der Waals surface area contributed by atoms with Crippen LogP contribution in [0.4, 0.5) is 4.39 Å². The highest BCUT2D eigenvalue weighted by atomic mass is 19.1. The second-order valence-corrected chi connectivity index (χ2v) is 8.34. The van der Waals surface area contributed by atoms with Crippen LogP contribution in [0.25, 0.3) is 10.9 Å². The average molecular weight is 358 g/mol. The molecule has 4 rings (SSSR count). The van der Waals surface area contributed by atoms with Crippen molar-refractivity contribution in [2.24, 2.45) is 23.8 Å². The number of ether oxygens (including phenoxy) is 1. The Balaban J connectivity index is 1.68. The Morgan fingerprint density at radius 3 is 2.65 bits per heavy atom. The maximum absolute atomic E-state index is 13.5. The van der Waals surface area contributed by atoms with Gasteiger partial charge in [0.2, 0.25) is 0 Å². The lowest BCUT2D eigenvalue weighted by Crippen LogP contribution is -2.57. The van der Waals surface area contributed by atoms with E-state index in [-0.39, 0.29) is 29.0 Å². The number of aromatic nitrogens is 1. The molecule has 0 radical (unpaired) electrons. The van der Waals surface area contributed by atoms with Crippen LogP contribution in [-0.2, 0) is 16.6 Å². The first-order valence-corrected chi connectivity index (χ1v) is 8.82. The standard InChI is InChI=1S/C20H23FN2O3/c1-19(2)10-20(18(25)26-4)11-23(9-16(19)20)17(24)15-8-12-7-13(21)5-6-14(12)22(15)3/h5-8,16H,9-11H2,1-4H3/t16-,20+/m1/s1. The van der Waals surface area contributed by atoms with E-state index in [9.17, 15) is 14.0 Å². The van der Waals surface area contributed by atoms with E-state index < -0.39 is 5.41 Å². The highest BCUT2D eigenvalue weighted by molar-refractivity contribution is 5.99. The van der Waals surface area contributed by atoms with Crippen LogP contribution in [0, 0.1) is 22.6 Å². The predicted octanol–water partition coefficient (Wildman–Crippen LogP) is 2.98. The van der Waals surface area contributed by atoms with E-state index in [1.165, 1.54) is 19.2 Å². The normalized spacial score (nSPS) is 26.5. The van der Waals surface area contributed by atoms with Gasteiger partial charge in [0.05, 0.1) is 12.5 Å². The van der Waals surface area contributed by atoms with E-state index in [1.807, 2.05) is 0 Å². The first-order valence-electron chi connectivity index (χ1n) is 8.82. The first kappa shape index (κ1) is 17.1. The van der Waals surface area contributed by atoms with Crippen LogP contribution in [0.2, 0.25) is 0 Å². The Morgan fingerprint density at radius 2 is 2.00 bits per heavy atom. The molecule has 2 aliphatic rings. The number of esters is 1. The molecule has 5 nitrogen and oxygen atoms in total. The van der Waals surface area contributed by atoms with E-state index in [0.29, 0.717) is 24.2 Å². The molecule has 1 aromatic carbocycles. The summed E-state index contributed by atoms with van der Waals surface area (Å²) in [5.41, 5.74) is 0.722. The monoisotopic (exact) mass is 358 g/mol. The topological polar surface area (TPSA) is 51.5 Å². The smallest absolute Gasteiger partial charge is 0.314 e. The number of methoxy groups -OCH3 is 1. The van der Waals surface area contributed by atoms with Crippen LogP contribution in [0.1, 0.15) is 30.8 Å². The van der Waals surface area contributed by atoms with Crippen LogP contribution < -0.4 is 0 Å². The molecule has 0 N–H and O–H groups in total. The number of amides is 1. The lowest BCUT2D eigenvalue weighted by atomic mass is 9.48. The van der Waals surface area contributed by atoms with Crippen molar-refractivity contribution >= 4 is 22.8 Å². The number of hydrogen-bond acceptors (Lipinski definition) is 3. The molecule has 2 fully saturated rings. The Kier molecular flexibility index (Phi) is 3.49. The van der Waals surface area contributed by atoms with Gasteiger partial charge in [-0.15, -0.1) is 0 Å². The molecule has 0 unspecified atom stereocenters. The molecule has 2 aromatic rings. The highest BCUT2D eigenvalue weighted by Gasteiger charge is 2.68. The molecule has 1 amide bonds. The van der Waals surface area contributed by atoms with Gasteiger partial charge in [0.15, 0.2) is 0 Å². The molecule has 6 heteroatoms. The summed E-state index contributed by atoms with van der Waals surface area (Å²) in [6.45, 7) is 5.18. The Bertz CT molecular complexity index is 933. The molecule has 1 saturated carbocycles.